The summed E-state index contributed by atoms with van der Waals surface area (Å²) in [6, 6.07) is 81.1. The molecule has 0 aliphatic rings. The van der Waals surface area contributed by atoms with E-state index < -0.39 is 0 Å². The molecule has 0 N–H and O–H groups in total. The zero-order chi connectivity index (χ0) is 38.2. The molecule has 0 saturated heterocycles. The van der Waals surface area contributed by atoms with Crippen LogP contribution in [-0.2, 0) is 0 Å². The molecule has 0 saturated carbocycles. The zero-order valence-corrected chi connectivity index (χ0v) is 31.8. The second-order valence-electron chi connectivity index (χ2n) is 15.5. The molecule has 0 aromatic heterocycles. The minimum atomic E-state index is 1.21. The van der Waals surface area contributed by atoms with Gasteiger partial charge in [0.05, 0.1) is 0 Å². The van der Waals surface area contributed by atoms with Gasteiger partial charge in [0, 0.05) is 0 Å². The lowest BCUT2D eigenvalue weighted by Crippen LogP contribution is -1.95. The highest BCUT2D eigenvalue weighted by Crippen LogP contribution is 2.50. The Hall–Kier alpha value is -7.54. The predicted octanol–water partition coefficient (Wildman–Crippen LogP) is 16.4. The molecular weight excluding hydrogens is 697 g/mol. The summed E-state index contributed by atoms with van der Waals surface area (Å²) < 4.78 is 0. The van der Waals surface area contributed by atoms with Crippen molar-refractivity contribution in [1.82, 2.24) is 0 Å². The number of rotatable bonds is 4. The number of hydrogen-bond donors (Lipinski definition) is 0. The highest BCUT2D eigenvalue weighted by atomic mass is 14.2. The maximum atomic E-state index is 2.46. The van der Waals surface area contributed by atoms with Crippen molar-refractivity contribution in [2.75, 3.05) is 0 Å². The molecule has 0 nitrogen and oxygen atoms in total. The van der Waals surface area contributed by atoms with Gasteiger partial charge >= 0.3 is 0 Å². The number of hydrogen-bond acceptors (Lipinski definition) is 0. The first-order valence-electron chi connectivity index (χ1n) is 20.2. The molecule has 0 aliphatic carbocycles. The fraction of sp³-hybridized carbons (Fsp3) is 0. The van der Waals surface area contributed by atoms with E-state index in [4.69, 9.17) is 0 Å². The monoisotopic (exact) mass is 732 g/mol. The Morgan fingerprint density at radius 2 is 0.586 bits per heavy atom. The SMILES string of the molecule is c1ccc(-c2cc3ccccc3c3ccccc23)c(-c2c3ccccc3c(-c3cc4ccccc4c4ccccc34)c3ccc(-c4ccc5ccccc5c4)cc23)c1. The van der Waals surface area contributed by atoms with Gasteiger partial charge in [0.2, 0.25) is 0 Å². The minimum Gasteiger partial charge on any atom is -0.0616 e. The molecule has 0 unspecified atom stereocenters. The Labute approximate surface area is 336 Å². The first kappa shape index (κ1) is 32.7. The molecule has 0 amide bonds. The van der Waals surface area contributed by atoms with E-state index in [2.05, 4.69) is 218 Å². The van der Waals surface area contributed by atoms with Crippen LogP contribution in [0.1, 0.15) is 0 Å². The molecule has 58 heavy (non-hydrogen) atoms. The van der Waals surface area contributed by atoms with Gasteiger partial charge < -0.3 is 0 Å². The Morgan fingerprint density at radius 3 is 1.24 bits per heavy atom. The zero-order valence-electron chi connectivity index (χ0n) is 31.8. The lowest BCUT2D eigenvalue weighted by atomic mass is 9.81. The van der Waals surface area contributed by atoms with Crippen LogP contribution in [0.15, 0.2) is 218 Å². The average Bonchev–Trinajstić information content (AvgIpc) is 3.30. The maximum Gasteiger partial charge on any atom is -0.00199 e. The van der Waals surface area contributed by atoms with Crippen LogP contribution in [0.2, 0.25) is 0 Å². The largest absolute Gasteiger partial charge is 0.0616 e. The van der Waals surface area contributed by atoms with E-state index in [1.54, 1.807) is 0 Å². The first-order chi connectivity index (χ1) is 28.8. The lowest BCUT2D eigenvalue weighted by molar-refractivity contribution is 1.63. The Balaban J connectivity index is 1.23. The molecule has 0 heterocycles. The lowest BCUT2D eigenvalue weighted by Gasteiger charge is -2.22. The fourth-order valence-corrected chi connectivity index (χ4v) is 9.78. The molecule has 268 valence electrons. The van der Waals surface area contributed by atoms with Gasteiger partial charge in [-0.15, -0.1) is 0 Å². The maximum absolute atomic E-state index is 2.46. The smallest absolute Gasteiger partial charge is 0.00199 e. The van der Waals surface area contributed by atoms with E-state index in [1.165, 1.54) is 120 Å². The van der Waals surface area contributed by atoms with Crippen molar-refractivity contribution in [2.45, 2.75) is 0 Å². The van der Waals surface area contributed by atoms with Crippen LogP contribution in [0.4, 0.5) is 0 Å². The minimum absolute atomic E-state index is 1.21. The van der Waals surface area contributed by atoms with E-state index >= 15 is 0 Å². The molecule has 12 aromatic rings. The number of benzene rings is 12. The second-order valence-corrected chi connectivity index (χ2v) is 15.5. The second kappa shape index (κ2) is 13.0. The molecule has 0 atom stereocenters. The van der Waals surface area contributed by atoms with Crippen LogP contribution in [0.3, 0.4) is 0 Å². The van der Waals surface area contributed by atoms with Gasteiger partial charge in [0.15, 0.2) is 0 Å². The molecule has 0 bridgehead atoms. The third-order valence-corrected chi connectivity index (χ3v) is 12.4. The van der Waals surface area contributed by atoms with Gasteiger partial charge in [-0.3, -0.25) is 0 Å². The molecule has 0 aliphatic heterocycles. The van der Waals surface area contributed by atoms with Crippen molar-refractivity contribution in [1.29, 1.82) is 0 Å². The summed E-state index contributed by atoms with van der Waals surface area (Å²) in [6.45, 7) is 0. The molecule has 12 aromatic carbocycles. The van der Waals surface area contributed by atoms with Crippen LogP contribution < -0.4 is 0 Å². The van der Waals surface area contributed by atoms with Crippen molar-refractivity contribution in [2.24, 2.45) is 0 Å². The molecule has 0 heteroatoms. The molecule has 0 spiro atoms. The van der Waals surface area contributed by atoms with Gasteiger partial charge in [0.1, 0.15) is 0 Å². The van der Waals surface area contributed by atoms with E-state index in [0.717, 1.165) is 0 Å². The normalized spacial score (nSPS) is 11.8. The highest BCUT2D eigenvalue weighted by Gasteiger charge is 2.22. The van der Waals surface area contributed by atoms with Crippen molar-refractivity contribution in [3.8, 4) is 44.5 Å². The van der Waals surface area contributed by atoms with Gasteiger partial charge in [-0.25, -0.2) is 0 Å². The third-order valence-electron chi connectivity index (χ3n) is 12.4. The summed E-state index contributed by atoms with van der Waals surface area (Å²) in [7, 11) is 0. The van der Waals surface area contributed by atoms with Crippen molar-refractivity contribution in [3.63, 3.8) is 0 Å². The predicted molar refractivity (Wildman–Crippen MR) is 251 cm³/mol. The molecule has 12 rings (SSSR count). The standard InChI is InChI=1S/C58H36/c1-2-16-38-33-39(30-29-37(38)15-1)40-31-32-53-56(34-40)57(50-26-12-11-25-49(50)54-35-41-17-3-5-19-43(41)45-21-7-9-23-47(45)54)51-27-13-14-28-52(51)58(53)55-36-42-18-4-6-20-44(42)46-22-8-10-24-48(46)55/h1-36H. The molecular formula is C58H36. The van der Waals surface area contributed by atoms with Crippen molar-refractivity contribution >= 4 is 75.4 Å². The average molecular weight is 733 g/mol. The Bertz CT molecular complexity index is 3620. The van der Waals surface area contributed by atoms with Crippen LogP contribution in [-0.4, -0.2) is 0 Å². The quantitative estimate of drug-likeness (QED) is 0.125. The summed E-state index contributed by atoms with van der Waals surface area (Å²) in [6.07, 6.45) is 0. The summed E-state index contributed by atoms with van der Waals surface area (Å²) in [4.78, 5) is 0. The topological polar surface area (TPSA) is 0 Å². The van der Waals surface area contributed by atoms with Gasteiger partial charge in [-0.05, 0) is 144 Å². The summed E-state index contributed by atoms with van der Waals surface area (Å²) in [5.41, 5.74) is 9.92. The number of fused-ring (bicyclic) bond motifs is 9. The van der Waals surface area contributed by atoms with Crippen LogP contribution >= 0.6 is 0 Å². The third kappa shape index (κ3) is 5.02. The van der Waals surface area contributed by atoms with Gasteiger partial charge in [-0.2, -0.15) is 0 Å². The van der Waals surface area contributed by atoms with Crippen molar-refractivity contribution < 1.29 is 0 Å². The highest BCUT2D eigenvalue weighted by molar-refractivity contribution is 6.27. The van der Waals surface area contributed by atoms with E-state index in [-0.39, 0.29) is 0 Å². The first-order valence-corrected chi connectivity index (χ1v) is 20.2. The van der Waals surface area contributed by atoms with E-state index in [0.29, 0.717) is 0 Å². The van der Waals surface area contributed by atoms with Crippen molar-refractivity contribution in [3.05, 3.63) is 218 Å². The van der Waals surface area contributed by atoms with Crippen LogP contribution in [0, 0.1) is 0 Å². The summed E-state index contributed by atoms with van der Waals surface area (Å²) >= 11 is 0. The molecule has 0 fully saturated rings. The summed E-state index contributed by atoms with van der Waals surface area (Å²) in [5.74, 6) is 0. The summed E-state index contributed by atoms with van der Waals surface area (Å²) in [5, 5.41) is 17.6. The Morgan fingerprint density at radius 1 is 0.172 bits per heavy atom. The van der Waals surface area contributed by atoms with E-state index in [1.807, 2.05) is 0 Å². The van der Waals surface area contributed by atoms with Gasteiger partial charge in [-0.1, -0.05) is 194 Å². The fourth-order valence-electron chi connectivity index (χ4n) is 9.78. The van der Waals surface area contributed by atoms with E-state index in [9.17, 15) is 0 Å². The van der Waals surface area contributed by atoms with Crippen LogP contribution in [0.25, 0.3) is 120 Å². The van der Waals surface area contributed by atoms with Gasteiger partial charge in [0.25, 0.3) is 0 Å². The Kier molecular flexibility index (Phi) is 7.33. The van der Waals surface area contributed by atoms with Crippen LogP contribution in [0.5, 0.6) is 0 Å². The molecule has 0 radical (unpaired) electrons.